The molecular weight excluding hydrogens is 374 g/mol. The minimum absolute atomic E-state index is 0.582. The Bertz CT molecular complexity index is 900. The molecule has 1 fully saturated rings. The number of rotatable bonds is 7. The van der Waals surface area contributed by atoms with Gasteiger partial charge in [0.25, 0.3) is 0 Å². The summed E-state index contributed by atoms with van der Waals surface area (Å²) in [6, 6.07) is 8.45. The lowest BCUT2D eigenvalue weighted by molar-refractivity contribution is 0.160. The van der Waals surface area contributed by atoms with Gasteiger partial charge in [-0.05, 0) is 43.6 Å². The number of aryl methyl sites for hydroxylation is 1. The van der Waals surface area contributed by atoms with Crippen LogP contribution >= 0.6 is 23.6 Å². The number of likely N-dealkylation sites (tertiary alicyclic amines) is 1. The summed E-state index contributed by atoms with van der Waals surface area (Å²) in [6.07, 6.45) is 7.85. The first-order chi connectivity index (χ1) is 13.2. The fourth-order valence-corrected chi connectivity index (χ4v) is 5.11. The Hall–Kier alpha value is -1.57. The number of piperidine rings is 1. The van der Waals surface area contributed by atoms with Crippen LogP contribution in [-0.2, 0) is 13.2 Å². The van der Waals surface area contributed by atoms with E-state index in [2.05, 4.69) is 45.8 Å². The third kappa shape index (κ3) is 4.31. The topological polar surface area (TPSA) is 38.9 Å². The molecule has 0 unspecified atom stereocenters. The van der Waals surface area contributed by atoms with Crippen LogP contribution in [0.1, 0.15) is 50.0 Å². The smallest absolute Gasteiger partial charge is 0.198 e. The first-order valence-corrected chi connectivity index (χ1v) is 11.2. The van der Waals surface area contributed by atoms with Gasteiger partial charge in [0.2, 0.25) is 0 Å². The van der Waals surface area contributed by atoms with Crippen molar-refractivity contribution in [1.82, 2.24) is 24.2 Å². The van der Waals surface area contributed by atoms with Gasteiger partial charge >= 0.3 is 0 Å². The number of nitrogens with zero attached hydrogens (tertiary/aromatic N) is 5. The van der Waals surface area contributed by atoms with Crippen molar-refractivity contribution in [3.05, 3.63) is 40.4 Å². The molecule has 5 nitrogen and oxygen atoms in total. The van der Waals surface area contributed by atoms with E-state index in [0.717, 1.165) is 49.4 Å². The standard InChI is InChI=1S/C20H27N5S2/c1-2-3-6-11-24-14-21-25(20(24)26)15-23-12-9-16(10-13-23)19-22-17-7-4-5-8-18(17)27-19/h4-5,7-8,14,16H,2-3,6,9-13,15H2,1H3. The highest BCUT2D eigenvalue weighted by Gasteiger charge is 2.23. The van der Waals surface area contributed by atoms with Crippen molar-refractivity contribution < 1.29 is 0 Å². The number of aromatic nitrogens is 4. The third-order valence-corrected chi connectivity index (χ3v) is 7.02. The highest BCUT2D eigenvalue weighted by molar-refractivity contribution is 7.71. The van der Waals surface area contributed by atoms with Gasteiger partial charge in [0.15, 0.2) is 4.77 Å². The summed E-state index contributed by atoms with van der Waals surface area (Å²) in [6.45, 7) is 6.15. The summed E-state index contributed by atoms with van der Waals surface area (Å²) in [5.41, 5.74) is 1.14. The lowest BCUT2D eigenvalue weighted by Gasteiger charge is -2.30. The van der Waals surface area contributed by atoms with Crippen molar-refractivity contribution in [2.75, 3.05) is 13.1 Å². The van der Waals surface area contributed by atoms with Gasteiger partial charge in [-0.2, -0.15) is 5.10 Å². The van der Waals surface area contributed by atoms with Gasteiger partial charge in [-0.15, -0.1) is 11.3 Å². The van der Waals surface area contributed by atoms with Gasteiger partial charge in [-0.3, -0.25) is 4.90 Å². The molecular formula is C20H27N5S2. The summed E-state index contributed by atoms with van der Waals surface area (Å²) in [7, 11) is 0. The van der Waals surface area contributed by atoms with Crippen LogP contribution in [0.15, 0.2) is 30.6 Å². The van der Waals surface area contributed by atoms with Gasteiger partial charge in [0.1, 0.15) is 6.33 Å². The first-order valence-electron chi connectivity index (χ1n) is 9.94. The summed E-state index contributed by atoms with van der Waals surface area (Å²) in [4.78, 5) is 7.32. The minimum atomic E-state index is 0.582. The molecule has 3 heterocycles. The van der Waals surface area contributed by atoms with Gasteiger partial charge in [-0.1, -0.05) is 31.9 Å². The zero-order valence-electron chi connectivity index (χ0n) is 15.9. The minimum Gasteiger partial charge on any atom is -0.307 e. The molecule has 1 aliphatic heterocycles. The predicted molar refractivity (Wildman–Crippen MR) is 114 cm³/mol. The molecule has 144 valence electrons. The van der Waals surface area contributed by atoms with E-state index in [0.29, 0.717) is 5.92 Å². The number of hydrogen-bond donors (Lipinski definition) is 0. The lowest BCUT2D eigenvalue weighted by Crippen LogP contribution is -2.34. The lowest BCUT2D eigenvalue weighted by atomic mass is 9.98. The third-order valence-electron chi connectivity index (χ3n) is 5.38. The molecule has 3 aromatic rings. The SMILES string of the molecule is CCCCCn1cnn(CN2CCC(c3nc4ccccc4s3)CC2)c1=S. The number of thiazole rings is 1. The summed E-state index contributed by atoms with van der Waals surface area (Å²) >= 11 is 7.47. The second-order valence-electron chi connectivity index (χ2n) is 7.37. The van der Waals surface area contributed by atoms with Crippen molar-refractivity contribution in [3.8, 4) is 0 Å². The maximum absolute atomic E-state index is 5.61. The Balaban J connectivity index is 1.34. The van der Waals surface area contributed by atoms with E-state index in [-0.39, 0.29) is 0 Å². The molecule has 0 N–H and O–H groups in total. The zero-order chi connectivity index (χ0) is 18.6. The molecule has 0 amide bonds. The molecule has 0 spiro atoms. The Kier molecular flexibility index (Phi) is 6.00. The van der Waals surface area contributed by atoms with Crippen LogP contribution in [-0.4, -0.2) is 37.3 Å². The quantitative estimate of drug-likeness (QED) is 0.410. The second-order valence-corrected chi connectivity index (χ2v) is 8.79. The van der Waals surface area contributed by atoms with Crippen molar-refractivity contribution in [2.45, 2.75) is 58.2 Å². The average Bonchev–Trinajstić information content (AvgIpc) is 3.27. The van der Waals surface area contributed by atoms with Crippen LogP contribution < -0.4 is 0 Å². The fourth-order valence-electron chi connectivity index (χ4n) is 3.73. The monoisotopic (exact) mass is 401 g/mol. The predicted octanol–water partition coefficient (Wildman–Crippen LogP) is 5.05. The first kappa shape index (κ1) is 18.8. The van der Waals surface area contributed by atoms with Crippen LogP contribution in [0.3, 0.4) is 0 Å². The number of unbranched alkanes of at least 4 members (excludes halogenated alkanes) is 2. The molecule has 2 aromatic heterocycles. The maximum atomic E-state index is 5.61. The Labute approximate surface area is 169 Å². The molecule has 0 atom stereocenters. The molecule has 0 radical (unpaired) electrons. The van der Waals surface area contributed by atoms with Crippen LogP contribution in [0.4, 0.5) is 0 Å². The van der Waals surface area contributed by atoms with Crippen molar-refractivity contribution in [1.29, 1.82) is 0 Å². The molecule has 7 heteroatoms. The Morgan fingerprint density at radius 1 is 1.19 bits per heavy atom. The van der Waals surface area contributed by atoms with E-state index in [1.165, 1.54) is 29.0 Å². The van der Waals surface area contributed by atoms with Crippen LogP contribution in [0.2, 0.25) is 0 Å². The van der Waals surface area contributed by atoms with E-state index in [4.69, 9.17) is 17.2 Å². The zero-order valence-corrected chi connectivity index (χ0v) is 17.5. The normalized spacial score (nSPS) is 16.3. The molecule has 27 heavy (non-hydrogen) atoms. The van der Waals surface area contributed by atoms with E-state index in [9.17, 15) is 0 Å². The van der Waals surface area contributed by atoms with E-state index >= 15 is 0 Å². The van der Waals surface area contributed by atoms with Crippen LogP contribution in [0.25, 0.3) is 10.2 Å². The van der Waals surface area contributed by atoms with Crippen molar-refractivity contribution in [2.24, 2.45) is 0 Å². The van der Waals surface area contributed by atoms with Crippen LogP contribution in [0.5, 0.6) is 0 Å². The second kappa shape index (κ2) is 8.63. The van der Waals surface area contributed by atoms with Gasteiger partial charge in [0.05, 0.1) is 21.9 Å². The van der Waals surface area contributed by atoms with E-state index < -0.39 is 0 Å². The summed E-state index contributed by atoms with van der Waals surface area (Å²) < 4.78 is 6.23. The fraction of sp³-hybridized carbons (Fsp3) is 0.550. The van der Waals surface area contributed by atoms with Crippen molar-refractivity contribution >= 4 is 33.8 Å². The largest absolute Gasteiger partial charge is 0.307 e. The summed E-state index contributed by atoms with van der Waals surface area (Å²) in [5.74, 6) is 0.582. The molecule has 0 bridgehead atoms. The highest BCUT2D eigenvalue weighted by Crippen LogP contribution is 2.33. The molecule has 4 rings (SSSR count). The molecule has 1 aliphatic rings. The number of fused-ring (bicyclic) bond motifs is 1. The van der Waals surface area contributed by atoms with Gasteiger partial charge in [0, 0.05) is 25.6 Å². The summed E-state index contributed by atoms with van der Waals surface area (Å²) in [5, 5.41) is 5.82. The molecule has 1 aromatic carbocycles. The van der Waals surface area contributed by atoms with Gasteiger partial charge < -0.3 is 4.57 Å². The number of benzene rings is 1. The van der Waals surface area contributed by atoms with Gasteiger partial charge in [-0.25, -0.2) is 9.67 Å². The highest BCUT2D eigenvalue weighted by atomic mass is 32.1. The molecule has 1 saturated heterocycles. The molecule has 0 saturated carbocycles. The van der Waals surface area contributed by atoms with E-state index in [1.807, 2.05) is 22.3 Å². The number of hydrogen-bond acceptors (Lipinski definition) is 5. The van der Waals surface area contributed by atoms with E-state index in [1.54, 1.807) is 0 Å². The van der Waals surface area contributed by atoms with Crippen molar-refractivity contribution in [3.63, 3.8) is 0 Å². The Morgan fingerprint density at radius 2 is 2.00 bits per heavy atom. The molecule has 0 aliphatic carbocycles. The van der Waals surface area contributed by atoms with Crippen LogP contribution in [0, 0.1) is 4.77 Å². The average molecular weight is 402 g/mol. The number of para-hydroxylation sites is 1. The maximum Gasteiger partial charge on any atom is 0.198 e. The Morgan fingerprint density at radius 3 is 2.78 bits per heavy atom.